The number of carbonyl (C=O) groups is 1. The van der Waals surface area contributed by atoms with E-state index in [0.29, 0.717) is 5.78 Å². The van der Waals surface area contributed by atoms with E-state index in [-0.39, 0.29) is 0 Å². The monoisotopic (exact) mass is 97.1 g/mol. The second kappa shape index (κ2) is 2.10. The molecular formula is C6H9O-. The molecule has 0 spiro atoms. The Labute approximate surface area is 43.7 Å². The van der Waals surface area contributed by atoms with Gasteiger partial charge in [-0.2, -0.15) is 12.8 Å². The van der Waals surface area contributed by atoms with Gasteiger partial charge in [-0.1, -0.05) is 0 Å². The third-order valence-electron chi connectivity index (χ3n) is 1.25. The molecule has 1 rings (SSSR count). The van der Waals surface area contributed by atoms with Crippen LogP contribution in [0.2, 0.25) is 0 Å². The highest BCUT2D eigenvalue weighted by atomic mass is 16.1. The molecule has 1 heteroatoms. The van der Waals surface area contributed by atoms with Gasteiger partial charge >= 0.3 is 0 Å². The Morgan fingerprint density at radius 1 is 1.29 bits per heavy atom. The average molecular weight is 97.1 g/mol. The Hall–Kier alpha value is -0.330. The van der Waals surface area contributed by atoms with Crippen LogP contribution < -0.4 is 0 Å². The van der Waals surface area contributed by atoms with Gasteiger partial charge in [0.25, 0.3) is 0 Å². The van der Waals surface area contributed by atoms with Crippen LogP contribution in [0.1, 0.15) is 25.7 Å². The predicted molar refractivity (Wildman–Crippen MR) is 27.8 cm³/mol. The fourth-order valence-corrected chi connectivity index (χ4v) is 0.795. The van der Waals surface area contributed by atoms with Gasteiger partial charge in [-0.3, -0.25) is 4.79 Å². The first kappa shape index (κ1) is 4.82. The molecule has 0 aromatic heterocycles. The van der Waals surface area contributed by atoms with Crippen LogP contribution >= 0.6 is 0 Å². The molecule has 0 radical (unpaired) electrons. The summed E-state index contributed by atoms with van der Waals surface area (Å²) in [6.07, 6.45) is 5.79. The first-order valence-electron chi connectivity index (χ1n) is 2.73. The quantitative estimate of drug-likeness (QED) is 0.417. The highest BCUT2D eigenvalue weighted by Gasteiger charge is 1.98. The third-order valence-corrected chi connectivity index (χ3v) is 1.25. The molecule has 1 saturated carbocycles. The van der Waals surface area contributed by atoms with Crippen LogP contribution in [0.4, 0.5) is 0 Å². The first-order chi connectivity index (χ1) is 3.39. The molecule has 0 bridgehead atoms. The molecule has 1 aliphatic carbocycles. The molecule has 0 aliphatic heterocycles. The molecule has 7 heavy (non-hydrogen) atoms. The lowest BCUT2D eigenvalue weighted by Gasteiger charge is -2.15. The second-order valence-electron chi connectivity index (χ2n) is 1.90. The Morgan fingerprint density at radius 3 is 2.14 bits per heavy atom. The van der Waals surface area contributed by atoms with Crippen molar-refractivity contribution in [3.05, 3.63) is 6.42 Å². The fourth-order valence-electron chi connectivity index (χ4n) is 0.795. The molecule has 0 unspecified atom stereocenters. The van der Waals surface area contributed by atoms with Crippen molar-refractivity contribution in [2.24, 2.45) is 0 Å². The van der Waals surface area contributed by atoms with E-state index in [1.54, 1.807) is 0 Å². The van der Waals surface area contributed by atoms with Gasteiger partial charge in [0.1, 0.15) is 5.78 Å². The smallest absolute Gasteiger partial charge is 0.127 e. The maximum absolute atomic E-state index is 10.4. The minimum atomic E-state index is 0.433. The zero-order valence-corrected chi connectivity index (χ0v) is 4.31. The summed E-state index contributed by atoms with van der Waals surface area (Å²) in [6.45, 7) is 0. The van der Waals surface area contributed by atoms with Crippen molar-refractivity contribution in [2.75, 3.05) is 0 Å². The molecule has 1 fully saturated rings. The number of rotatable bonds is 0. The molecule has 0 aromatic carbocycles. The third kappa shape index (κ3) is 1.30. The van der Waals surface area contributed by atoms with Crippen molar-refractivity contribution in [2.45, 2.75) is 25.7 Å². The van der Waals surface area contributed by atoms with Crippen molar-refractivity contribution in [1.29, 1.82) is 0 Å². The molecule has 1 nitrogen and oxygen atoms in total. The van der Waals surface area contributed by atoms with Crippen molar-refractivity contribution in [3.63, 3.8) is 0 Å². The summed E-state index contributed by atoms with van der Waals surface area (Å²) in [5, 5.41) is 0. The molecule has 0 heterocycles. The highest BCUT2D eigenvalue weighted by molar-refractivity contribution is 5.79. The lowest BCUT2D eigenvalue weighted by atomic mass is 10.00. The molecule has 0 aromatic rings. The van der Waals surface area contributed by atoms with Crippen LogP contribution in [-0.2, 0) is 4.79 Å². The van der Waals surface area contributed by atoms with Crippen molar-refractivity contribution >= 4 is 5.78 Å². The predicted octanol–water partition coefficient (Wildman–Crippen LogP) is 1.33. The summed E-state index contributed by atoms with van der Waals surface area (Å²) in [6, 6.07) is 0. The van der Waals surface area contributed by atoms with Crippen LogP contribution in [0.25, 0.3) is 0 Å². The van der Waals surface area contributed by atoms with Crippen LogP contribution in [0.15, 0.2) is 0 Å². The van der Waals surface area contributed by atoms with Gasteiger partial charge in [0, 0.05) is 0 Å². The van der Waals surface area contributed by atoms with Crippen molar-refractivity contribution in [1.82, 2.24) is 0 Å². The van der Waals surface area contributed by atoms with Gasteiger partial charge in [-0.05, 0) is 12.8 Å². The summed E-state index contributed by atoms with van der Waals surface area (Å²) >= 11 is 0. The zero-order chi connectivity index (χ0) is 5.11. The summed E-state index contributed by atoms with van der Waals surface area (Å²) in [5.41, 5.74) is 0. The van der Waals surface area contributed by atoms with Gasteiger partial charge in [0.2, 0.25) is 0 Å². The van der Waals surface area contributed by atoms with Crippen LogP contribution in [0.5, 0.6) is 0 Å². The lowest BCUT2D eigenvalue weighted by Crippen LogP contribution is -2.02. The Kier molecular flexibility index (Phi) is 1.45. The Morgan fingerprint density at radius 2 is 1.86 bits per heavy atom. The maximum Gasteiger partial charge on any atom is 0.127 e. The zero-order valence-electron chi connectivity index (χ0n) is 4.31. The Bertz CT molecular complexity index is 68.2. The van der Waals surface area contributed by atoms with Gasteiger partial charge in [-0.25, -0.2) is 0 Å². The number of hydrogen-bond acceptors (Lipinski definition) is 1. The molecular weight excluding hydrogens is 88.1 g/mol. The number of Topliss-reactive ketones (excluding diaryl/α,β-unsaturated/α-hetero) is 1. The van der Waals surface area contributed by atoms with E-state index in [1.807, 2.05) is 0 Å². The van der Waals surface area contributed by atoms with Gasteiger partial charge in [-0.15, -0.1) is 0 Å². The fraction of sp³-hybridized carbons (Fsp3) is 0.667. The van der Waals surface area contributed by atoms with E-state index in [9.17, 15) is 4.79 Å². The summed E-state index contributed by atoms with van der Waals surface area (Å²) in [7, 11) is 0. The van der Waals surface area contributed by atoms with Crippen LogP contribution in [0.3, 0.4) is 0 Å². The summed E-state index contributed by atoms with van der Waals surface area (Å²) < 4.78 is 0. The van der Waals surface area contributed by atoms with Gasteiger partial charge in [0.05, 0.1) is 0 Å². The normalized spacial score (nSPS) is 22.6. The molecule has 40 valence electrons. The maximum atomic E-state index is 10.4. The molecule has 0 N–H and O–H groups in total. The minimum Gasteiger partial charge on any atom is -0.328 e. The molecule has 0 saturated heterocycles. The molecule has 0 atom stereocenters. The van der Waals surface area contributed by atoms with E-state index in [0.717, 1.165) is 25.7 Å². The van der Waals surface area contributed by atoms with Crippen molar-refractivity contribution in [3.8, 4) is 0 Å². The lowest BCUT2D eigenvalue weighted by molar-refractivity contribution is -0.119. The van der Waals surface area contributed by atoms with E-state index in [2.05, 4.69) is 6.42 Å². The number of ketones is 1. The second-order valence-corrected chi connectivity index (χ2v) is 1.90. The van der Waals surface area contributed by atoms with Crippen molar-refractivity contribution < 1.29 is 4.79 Å². The Balaban J connectivity index is 2.25. The van der Waals surface area contributed by atoms with E-state index >= 15 is 0 Å². The number of hydrogen-bond donors (Lipinski definition) is 0. The van der Waals surface area contributed by atoms with Gasteiger partial charge in [0.15, 0.2) is 0 Å². The standard InChI is InChI=1S/C6H9O/c7-6-4-2-1-3-5-6/h1H,2-5H2/q-1. The SMILES string of the molecule is O=C1CC[CH-]CC1. The topological polar surface area (TPSA) is 17.1 Å². The average Bonchev–Trinajstić information content (AvgIpc) is 1.69. The van der Waals surface area contributed by atoms with Crippen LogP contribution in [0, 0.1) is 6.42 Å². The first-order valence-corrected chi connectivity index (χ1v) is 2.73. The molecule has 0 amide bonds. The minimum absolute atomic E-state index is 0.433. The van der Waals surface area contributed by atoms with Gasteiger partial charge < -0.3 is 6.42 Å². The summed E-state index contributed by atoms with van der Waals surface area (Å²) in [4.78, 5) is 10.4. The van der Waals surface area contributed by atoms with E-state index < -0.39 is 0 Å². The molecule has 1 aliphatic rings. The van der Waals surface area contributed by atoms with Crippen LogP contribution in [-0.4, -0.2) is 5.78 Å². The van der Waals surface area contributed by atoms with E-state index in [1.165, 1.54) is 0 Å². The summed E-state index contributed by atoms with van der Waals surface area (Å²) in [5.74, 6) is 0.433. The van der Waals surface area contributed by atoms with E-state index in [4.69, 9.17) is 0 Å². The number of carbonyl (C=O) groups excluding carboxylic acids is 1. The largest absolute Gasteiger partial charge is 0.328 e. The highest BCUT2D eigenvalue weighted by Crippen LogP contribution is 2.11.